The van der Waals surface area contributed by atoms with Gasteiger partial charge in [-0.3, -0.25) is 4.90 Å². The summed E-state index contributed by atoms with van der Waals surface area (Å²) in [4.78, 5) is 5.06. The monoisotopic (exact) mass is 211 g/mol. The largest absolute Gasteiger partial charge is 0.313 e. The SMILES string of the molecule is CN1CCN(C[C@H]2CCCCCN2)CC1. The highest BCUT2D eigenvalue weighted by atomic mass is 15.3. The Labute approximate surface area is 93.8 Å². The van der Waals surface area contributed by atoms with E-state index < -0.39 is 0 Å². The molecule has 0 radical (unpaired) electrons. The van der Waals surface area contributed by atoms with Crippen LogP contribution in [0.5, 0.6) is 0 Å². The lowest BCUT2D eigenvalue weighted by Crippen LogP contribution is -2.49. The van der Waals surface area contributed by atoms with Crippen molar-refractivity contribution in [3.8, 4) is 0 Å². The van der Waals surface area contributed by atoms with E-state index in [2.05, 4.69) is 22.2 Å². The van der Waals surface area contributed by atoms with Gasteiger partial charge >= 0.3 is 0 Å². The van der Waals surface area contributed by atoms with Gasteiger partial charge in [0.1, 0.15) is 0 Å². The molecule has 0 aliphatic carbocycles. The van der Waals surface area contributed by atoms with Crippen molar-refractivity contribution in [1.29, 1.82) is 0 Å². The number of nitrogens with zero attached hydrogens (tertiary/aromatic N) is 2. The molecule has 2 saturated heterocycles. The van der Waals surface area contributed by atoms with Gasteiger partial charge in [0.05, 0.1) is 0 Å². The molecular formula is C12H25N3. The molecule has 15 heavy (non-hydrogen) atoms. The molecule has 2 fully saturated rings. The van der Waals surface area contributed by atoms with Crippen LogP contribution < -0.4 is 5.32 Å². The zero-order chi connectivity index (χ0) is 10.5. The number of piperazine rings is 1. The van der Waals surface area contributed by atoms with Crippen molar-refractivity contribution >= 4 is 0 Å². The number of rotatable bonds is 2. The molecule has 0 aromatic carbocycles. The van der Waals surface area contributed by atoms with E-state index in [0.717, 1.165) is 6.04 Å². The summed E-state index contributed by atoms with van der Waals surface area (Å²) in [6.45, 7) is 7.51. The first-order valence-electron chi connectivity index (χ1n) is 6.49. The third kappa shape index (κ3) is 3.74. The third-order valence-electron chi connectivity index (χ3n) is 3.74. The van der Waals surface area contributed by atoms with Crippen molar-refractivity contribution < 1.29 is 0 Å². The van der Waals surface area contributed by atoms with Crippen LogP contribution in [0.25, 0.3) is 0 Å². The molecule has 3 nitrogen and oxygen atoms in total. The highest BCUT2D eigenvalue weighted by Crippen LogP contribution is 2.10. The summed E-state index contributed by atoms with van der Waals surface area (Å²) in [6.07, 6.45) is 5.60. The van der Waals surface area contributed by atoms with Gasteiger partial charge in [-0.15, -0.1) is 0 Å². The zero-order valence-corrected chi connectivity index (χ0v) is 10.0. The Morgan fingerprint density at radius 2 is 1.87 bits per heavy atom. The maximum absolute atomic E-state index is 3.68. The molecule has 2 aliphatic heterocycles. The van der Waals surface area contributed by atoms with E-state index in [1.165, 1.54) is 65.0 Å². The van der Waals surface area contributed by atoms with Crippen LogP contribution in [-0.2, 0) is 0 Å². The predicted octanol–water partition coefficient (Wildman–Crippen LogP) is 0.766. The predicted molar refractivity (Wildman–Crippen MR) is 64.2 cm³/mol. The summed E-state index contributed by atoms with van der Waals surface area (Å²) < 4.78 is 0. The second kappa shape index (κ2) is 5.83. The maximum Gasteiger partial charge on any atom is 0.0195 e. The Hall–Kier alpha value is -0.120. The van der Waals surface area contributed by atoms with Crippen molar-refractivity contribution in [2.24, 2.45) is 0 Å². The topological polar surface area (TPSA) is 18.5 Å². The van der Waals surface area contributed by atoms with E-state index >= 15 is 0 Å². The average Bonchev–Trinajstić information content (AvgIpc) is 2.50. The van der Waals surface area contributed by atoms with Crippen molar-refractivity contribution in [2.45, 2.75) is 31.7 Å². The van der Waals surface area contributed by atoms with Crippen LogP contribution in [-0.4, -0.2) is 62.2 Å². The van der Waals surface area contributed by atoms with Gasteiger partial charge in [0, 0.05) is 38.8 Å². The van der Waals surface area contributed by atoms with Crippen molar-refractivity contribution in [3.63, 3.8) is 0 Å². The minimum atomic E-state index is 0.760. The van der Waals surface area contributed by atoms with Crippen LogP contribution in [0, 0.1) is 0 Å². The molecule has 0 spiro atoms. The van der Waals surface area contributed by atoms with E-state index in [4.69, 9.17) is 0 Å². The number of nitrogens with one attached hydrogen (secondary N) is 1. The summed E-state index contributed by atoms with van der Waals surface area (Å²) in [5.74, 6) is 0. The molecule has 0 bridgehead atoms. The Kier molecular flexibility index (Phi) is 4.42. The molecular weight excluding hydrogens is 186 g/mol. The Balaban J connectivity index is 1.70. The Bertz CT molecular complexity index is 168. The lowest BCUT2D eigenvalue weighted by atomic mass is 10.1. The Morgan fingerprint density at radius 3 is 2.67 bits per heavy atom. The van der Waals surface area contributed by atoms with Crippen LogP contribution in [0.1, 0.15) is 25.7 Å². The lowest BCUT2D eigenvalue weighted by Gasteiger charge is -2.34. The fourth-order valence-corrected chi connectivity index (χ4v) is 2.60. The van der Waals surface area contributed by atoms with Crippen molar-refractivity contribution in [1.82, 2.24) is 15.1 Å². The first-order chi connectivity index (χ1) is 7.34. The minimum absolute atomic E-state index is 0.760. The summed E-state index contributed by atoms with van der Waals surface area (Å²) >= 11 is 0. The lowest BCUT2D eigenvalue weighted by molar-refractivity contribution is 0.141. The molecule has 0 unspecified atom stereocenters. The van der Waals surface area contributed by atoms with Gasteiger partial charge < -0.3 is 10.2 Å². The van der Waals surface area contributed by atoms with Crippen LogP contribution in [0.15, 0.2) is 0 Å². The molecule has 0 amide bonds. The summed E-state index contributed by atoms with van der Waals surface area (Å²) in [7, 11) is 2.22. The number of hydrogen-bond acceptors (Lipinski definition) is 3. The molecule has 0 saturated carbocycles. The standard InChI is InChI=1S/C12H25N3/c1-14-7-9-15(10-8-14)11-12-5-3-2-4-6-13-12/h12-13H,2-11H2,1H3/t12-/m1/s1. The average molecular weight is 211 g/mol. The van der Waals surface area contributed by atoms with Gasteiger partial charge in [0.2, 0.25) is 0 Å². The van der Waals surface area contributed by atoms with E-state index in [0.29, 0.717) is 0 Å². The van der Waals surface area contributed by atoms with Crippen LogP contribution in [0.3, 0.4) is 0 Å². The summed E-state index contributed by atoms with van der Waals surface area (Å²) in [6, 6.07) is 0.760. The van der Waals surface area contributed by atoms with Crippen LogP contribution >= 0.6 is 0 Å². The number of likely N-dealkylation sites (N-methyl/N-ethyl adjacent to an activating group) is 1. The molecule has 88 valence electrons. The second-order valence-electron chi connectivity index (χ2n) is 5.10. The molecule has 2 aliphatic rings. The van der Waals surface area contributed by atoms with Crippen molar-refractivity contribution in [2.75, 3.05) is 46.3 Å². The van der Waals surface area contributed by atoms with Crippen LogP contribution in [0.4, 0.5) is 0 Å². The minimum Gasteiger partial charge on any atom is -0.313 e. The highest BCUT2D eigenvalue weighted by Gasteiger charge is 2.18. The van der Waals surface area contributed by atoms with Gasteiger partial charge in [0.25, 0.3) is 0 Å². The fraction of sp³-hybridized carbons (Fsp3) is 1.00. The van der Waals surface area contributed by atoms with Crippen LogP contribution in [0.2, 0.25) is 0 Å². The van der Waals surface area contributed by atoms with E-state index in [-0.39, 0.29) is 0 Å². The normalized spacial score (nSPS) is 31.4. The molecule has 2 rings (SSSR count). The molecule has 2 heterocycles. The maximum atomic E-state index is 3.68. The van der Waals surface area contributed by atoms with Gasteiger partial charge in [-0.1, -0.05) is 12.8 Å². The summed E-state index contributed by atoms with van der Waals surface area (Å²) in [5, 5.41) is 3.68. The van der Waals surface area contributed by atoms with E-state index in [9.17, 15) is 0 Å². The van der Waals surface area contributed by atoms with Gasteiger partial charge in [-0.25, -0.2) is 0 Å². The molecule has 0 aromatic heterocycles. The third-order valence-corrected chi connectivity index (χ3v) is 3.74. The van der Waals surface area contributed by atoms with Gasteiger partial charge in [0.15, 0.2) is 0 Å². The smallest absolute Gasteiger partial charge is 0.0195 e. The first kappa shape index (κ1) is 11.4. The van der Waals surface area contributed by atoms with E-state index in [1.807, 2.05) is 0 Å². The molecule has 0 aromatic rings. The second-order valence-corrected chi connectivity index (χ2v) is 5.10. The highest BCUT2D eigenvalue weighted by molar-refractivity contribution is 4.78. The van der Waals surface area contributed by atoms with E-state index in [1.54, 1.807) is 0 Å². The van der Waals surface area contributed by atoms with Gasteiger partial charge in [-0.2, -0.15) is 0 Å². The Morgan fingerprint density at radius 1 is 1.07 bits per heavy atom. The zero-order valence-electron chi connectivity index (χ0n) is 10.0. The van der Waals surface area contributed by atoms with Gasteiger partial charge in [-0.05, 0) is 26.4 Å². The van der Waals surface area contributed by atoms with Crippen molar-refractivity contribution in [3.05, 3.63) is 0 Å². The first-order valence-corrected chi connectivity index (χ1v) is 6.49. The number of hydrogen-bond donors (Lipinski definition) is 1. The molecule has 3 heteroatoms. The molecule has 1 atom stereocenters. The fourth-order valence-electron chi connectivity index (χ4n) is 2.60. The summed E-state index contributed by atoms with van der Waals surface area (Å²) in [5.41, 5.74) is 0. The quantitative estimate of drug-likeness (QED) is 0.728. The molecule has 1 N–H and O–H groups in total.